The zero-order valence-corrected chi connectivity index (χ0v) is 19.3. The number of benzene rings is 2. The van der Waals surface area contributed by atoms with Gasteiger partial charge < -0.3 is 4.90 Å². The molecule has 0 spiro atoms. The van der Waals surface area contributed by atoms with Crippen LogP contribution < -0.4 is 0 Å². The van der Waals surface area contributed by atoms with E-state index in [-0.39, 0.29) is 22.8 Å². The normalized spacial score (nSPS) is 25.8. The number of hydrogen-bond donors (Lipinski definition) is 0. The van der Waals surface area contributed by atoms with E-state index >= 15 is 0 Å². The van der Waals surface area contributed by atoms with E-state index in [1.807, 2.05) is 35.4 Å². The van der Waals surface area contributed by atoms with E-state index in [0.29, 0.717) is 23.4 Å². The molecule has 0 N–H and O–H groups in total. The van der Waals surface area contributed by atoms with Crippen LogP contribution in [-0.2, 0) is 28.1 Å². The Labute approximate surface area is 184 Å². The van der Waals surface area contributed by atoms with Crippen LogP contribution in [-0.4, -0.2) is 44.3 Å². The second-order valence-corrected chi connectivity index (χ2v) is 11.9. The third-order valence-corrected chi connectivity index (χ3v) is 9.32. The Balaban J connectivity index is 1.60. The number of sulfone groups is 1. The maximum Gasteiger partial charge on any atom is 0.254 e. The molecule has 31 heavy (non-hydrogen) atoms. The summed E-state index contributed by atoms with van der Waals surface area (Å²) in [6.07, 6.45) is 5.27. The Morgan fingerprint density at radius 2 is 1.94 bits per heavy atom. The third kappa shape index (κ3) is 2.84. The van der Waals surface area contributed by atoms with E-state index in [1.54, 1.807) is 6.07 Å². The standard InChI is InChI=1S/C25H28N2O3S/c1-24(2)22-15-18-19(6-5-7-21(18)31(4,29)30)25(24,3)11-13-27(22)23(28)17-8-9-20-16(14-17)10-12-26-20/h5-9,12,14,22H,10-11,13,15H2,1-4H3/t22-,25+/m1/s1. The molecule has 2 aromatic carbocycles. The van der Waals surface area contributed by atoms with Gasteiger partial charge in [-0.3, -0.25) is 9.79 Å². The minimum absolute atomic E-state index is 0.0233. The highest BCUT2D eigenvalue weighted by Gasteiger charge is 2.57. The van der Waals surface area contributed by atoms with Gasteiger partial charge in [0.25, 0.3) is 5.91 Å². The topological polar surface area (TPSA) is 66.8 Å². The zero-order valence-electron chi connectivity index (χ0n) is 18.5. The predicted octanol–water partition coefficient (Wildman–Crippen LogP) is 4.10. The summed E-state index contributed by atoms with van der Waals surface area (Å²) in [6.45, 7) is 7.35. The fourth-order valence-corrected chi connectivity index (χ4v) is 6.89. The average molecular weight is 437 g/mol. The molecular formula is C25H28N2O3S. The number of amides is 1. The van der Waals surface area contributed by atoms with Crippen molar-refractivity contribution in [3.8, 4) is 0 Å². The first kappa shape index (κ1) is 20.4. The van der Waals surface area contributed by atoms with Gasteiger partial charge in [0.05, 0.1) is 10.6 Å². The lowest BCUT2D eigenvalue weighted by atomic mass is 9.51. The summed E-state index contributed by atoms with van der Waals surface area (Å²) in [5.41, 5.74) is 4.33. The molecule has 162 valence electrons. The smallest absolute Gasteiger partial charge is 0.254 e. The molecule has 2 aromatic rings. The second kappa shape index (κ2) is 6.52. The molecule has 3 aliphatic rings. The largest absolute Gasteiger partial charge is 0.335 e. The molecule has 1 aliphatic carbocycles. The fraction of sp³-hybridized carbons (Fsp3) is 0.440. The monoisotopic (exact) mass is 436 g/mol. The van der Waals surface area contributed by atoms with Crippen molar-refractivity contribution in [2.75, 3.05) is 12.8 Å². The van der Waals surface area contributed by atoms with Crippen LogP contribution in [0.1, 0.15) is 54.2 Å². The lowest BCUT2D eigenvalue weighted by Gasteiger charge is -2.61. The molecule has 5 nitrogen and oxygen atoms in total. The van der Waals surface area contributed by atoms with Gasteiger partial charge in [-0.1, -0.05) is 32.9 Å². The van der Waals surface area contributed by atoms with E-state index < -0.39 is 9.84 Å². The third-order valence-electron chi connectivity index (χ3n) is 8.14. The lowest BCUT2D eigenvalue weighted by molar-refractivity contribution is -0.0267. The van der Waals surface area contributed by atoms with Crippen molar-refractivity contribution in [3.63, 3.8) is 0 Å². The minimum Gasteiger partial charge on any atom is -0.335 e. The van der Waals surface area contributed by atoms with Gasteiger partial charge in [-0.2, -0.15) is 0 Å². The maximum atomic E-state index is 13.7. The average Bonchev–Trinajstić information content (AvgIpc) is 3.17. The van der Waals surface area contributed by atoms with Crippen molar-refractivity contribution in [1.82, 2.24) is 4.90 Å². The first-order valence-electron chi connectivity index (χ1n) is 10.8. The number of hydrogen-bond acceptors (Lipinski definition) is 4. The van der Waals surface area contributed by atoms with Crippen molar-refractivity contribution in [3.05, 3.63) is 58.7 Å². The van der Waals surface area contributed by atoms with Crippen LogP contribution in [0.15, 0.2) is 46.3 Å². The fourth-order valence-electron chi connectivity index (χ4n) is 5.92. The van der Waals surface area contributed by atoms with Crippen molar-refractivity contribution in [2.24, 2.45) is 10.4 Å². The summed E-state index contributed by atoms with van der Waals surface area (Å²) in [5, 5.41) is 0. The Kier molecular flexibility index (Phi) is 4.30. The van der Waals surface area contributed by atoms with Gasteiger partial charge in [0.15, 0.2) is 9.84 Å². The van der Waals surface area contributed by atoms with Crippen LogP contribution in [0.4, 0.5) is 5.69 Å². The Hall–Kier alpha value is -2.47. The zero-order chi connectivity index (χ0) is 22.2. The summed E-state index contributed by atoms with van der Waals surface area (Å²) in [4.78, 5) is 20.4. The predicted molar refractivity (Wildman–Crippen MR) is 122 cm³/mol. The van der Waals surface area contributed by atoms with E-state index in [4.69, 9.17) is 0 Å². The highest BCUT2D eigenvalue weighted by atomic mass is 32.2. The second-order valence-electron chi connectivity index (χ2n) is 9.94. The van der Waals surface area contributed by atoms with E-state index in [1.165, 1.54) is 6.26 Å². The molecule has 5 rings (SSSR count). The maximum absolute atomic E-state index is 13.7. The molecule has 0 radical (unpaired) electrons. The number of carbonyl (C=O) groups is 1. The highest BCUT2D eigenvalue weighted by Crippen LogP contribution is 2.57. The molecule has 1 saturated heterocycles. The number of carbonyl (C=O) groups excluding carboxylic acids is 1. The molecule has 0 unspecified atom stereocenters. The molecule has 0 aromatic heterocycles. The molecule has 2 heterocycles. The summed E-state index contributed by atoms with van der Waals surface area (Å²) < 4.78 is 25.1. The van der Waals surface area contributed by atoms with Crippen molar-refractivity contribution in [1.29, 1.82) is 0 Å². The number of nitrogens with zero attached hydrogens (tertiary/aromatic N) is 2. The minimum atomic E-state index is -3.35. The molecular weight excluding hydrogens is 408 g/mol. The van der Waals surface area contributed by atoms with Crippen LogP contribution in [0.2, 0.25) is 0 Å². The van der Waals surface area contributed by atoms with Gasteiger partial charge >= 0.3 is 0 Å². The van der Waals surface area contributed by atoms with Gasteiger partial charge in [-0.05, 0) is 59.2 Å². The first-order valence-corrected chi connectivity index (χ1v) is 12.7. The van der Waals surface area contributed by atoms with Crippen LogP contribution >= 0.6 is 0 Å². The lowest BCUT2D eigenvalue weighted by Crippen LogP contribution is -2.65. The van der Waals surface area contributed by atoms with Crippen LogP contribution in [0.3, 0.4) is 0 Å². The van der Waals surface area contributed by atoms with Gasteiger partial charge in [-0.25, -0.2) is 8.42 Å². The molecule has 6 heteroatoms. The number of likely N-dealkylation sites (tertiary alicyclic amines) is 1. The Morgan fingerprint density at radius 1 is 1.16 bits per heavy atom. The van der Waals surface area contributed by atoms with E-state index in [2.05, 4.69) is 31.8 Å². The van der Waals surface area contributed by atoms with Gasteiger partial charge in [-0.15, -0.1) is 0 Å². The Morgan fingerprint density at radius 3 is 2.68 bits per heavy atom. The summed E-state index contributed by atoms with van der Waals surface area (Å²) >= 11 is 0. The quantitative estimate of drug-likeness (QED) is 0.712. The molecule has 2 aliphatic heterocycles. The van der Waals surface area contributed by atoms with E-state index in [9.17, 15) is 13.2 Å². The summed E-state index contributed by atoms with van der Waals surface area (Å²) in [6, 6.07) is 11.3. The van der Waals surface area contributed by atoms with Gasteiger partial charge in [0.2, 0.25) is 0 Å². The summed E-state index contributed by atoms with van der Waals surface area (Å²) in [5.74, 6) is 0.0233. The number of rotatable bonds is 2. The van der Waals surface area contributed by atoms with E-state index in [0.717, 1.165) is 35.2 Å². The van der Waals surface area contributed by atoms with Gasteiger partial charge in [0, 0.05) is 42.5 Å². The number of piperidine rings is 1. The van der Waals surface area contributed by atoms with Crippen LogP contribution in [0, 0.1) is 5.41 Å². The SMILES string of the molecule is CC1(C)[C@H]2Cc3c(cccc3S(C)(=O)=O)[C@]1(C)CCN2C(=O)c1ccc2c(c1)CC=N2. The molecule has 1 amide bonds. The van der Waals surface area contributed by atoms with Crippen molar-refractivity contribution in [2.45, 2.75) is 56.4 Å². The summed E-state index contributed by atoms with van der Waals surface area (Å²) in [7, 11) is -3.35. The molecule has 2 bridgehead atoms. The first-order chi connectivity index (χ1) is 14.5. The molecule has 2 atom stereocenters. The highest BCUT2D eigenvalue weighted by molar-refractivity contribution is 7.90. The van der Waals surface area contributed by atoms with Crippen molar-refractivity contribution < 1.29 is 13.2 Å². The Bertz CT molecular complexity index is 1250. The van der Waals surface area contributed by atoms with Gasteiger partial charge in [0.1, 0.15) is 0 Å². The molecule has 1 fully saturated rings. The molecule has 0 saturated carbocycles. The van der Waals surface area contributed by atoms with Crippen molar-refractivity contribution >= 4 is 27.6 Å². The van der Waals surface area contributed by atoms with Crippen LogP contribution in [0.25, 0.3) is 0 Å². The number of aliphatic imine (C=N–C) groups is 1. The van der Waals surface area contributed by atoms with Crippen LogP contribution in [0.5, 0.6) is 0 Å². The number of fused-ring (bicyclic) bond motifs is 5.